The number of rotatable bonds is 2. The zero-order valence-electron chi connectivity index (χ0n) is 8.34. The average molecular weight is 214 g/mol. The number of hydrogen-bond acceptors (Lipinski definition) is 2. The first-order valence-corrected chi connectivity index (χ1v) is 4.52. The highest BCUT2D eigenvalue weighted by Crippen LogP contribution is 2.27. The number of hydrogen-bond donors (Lipinski definition) is 1. The van der Waals surface area contributed by atoms with Crippen LogP contribution in [-0.4, -0.2) is 25.2 Å². The summed E-state index contributed by atoms with van der Waals surface area (Å²) in [5.74, 6) is -0.928. The molecule has 3 nitrogen and oxygen atoms in total. The van der Waals surface area contributed by atoms with Crippen molar-refractivity contribution in [2.75, 3.05) is 19.0 Å². The van der Waals surface area contributed by atoms with Gasteiger partial charge in [0, 0.05) is 14.1 Å². The van der Waals surface area contributed by atoms with Crippen molar-refractivity contribution >= 4 is 23.3 Å². The molecular weight excluding hydrogens is 202 g/mol. The van der Waals surface area contributed by atoms with E-state index < -0.39 is 5.97 Å². The van der Waals surface area contributed by atoms with E-state index in [-0.39, 0.29) is 5.56 Å². The second-order valence-corrected chi connectivity index (χ2v) is 3.73. The van der Waals surface area contributed by atoms with Crippen LogP contribution in [0.2, 0.25) is 5.02 Å². The van der Waals surface area contributed by atoms with Crippen LogP contribution in [0.3, 0.4) is 0 Å². The monoisotopic (exact) mass is 213 g/mol. The van der Waals surface area contributed by atoms with Gasteiger partial charge in [0.05, 0.1) is 16.3 Å². The lowest BCUT2D eigenvalue weighted by Crippen LogP contribution is -2.11. The fourth-order valence-corrected chi connectivity index (χ4v) is 1.62. The van der Waals surface area contributed by atoms with Crippen molar-refractivity contribution in [3.05, 3.63) is 28.3 Å². The average Bonchev–Trinajstić information content (AvgIpc) is 2.02. The minimum absolute atomic E-state index is 0.290. The van der Waals surface area contributed by atoms with Gasteiger partial charge in [-0.1, -0.05) is 11.6 Å². The summed E-state index contributed by atoms with van der Waals surface area (Å²) in [6.45, 7) is 1.73. The molecule has 0 unspecified atom stereocenters. The highest BCUT2D eigenvalue weighted by molar-refractivity contribution is 6.33. The van der Waals surface area contributed by atoms with Crippen molar-refractivity contribution in [2.24, 2.45) is 0 Å². The topological polar surface area (TPSA) is 40.5 Å². The smallest absolute Gasteiger partial charge is 0.336 e. The third-order valence-corrected chi connectivity index (χ3v) is 2.31. The van der Waals surface area contributed by atoms with Crippen molar-refractivity contribution < 1.29 is 9.90 Å². The summed E-state index contributed by atoms with van der Waals surface area (Å²) in [4.78, 5) is 12.6. The number of benzene rings is 1. The lowest BCUT2D eigenvalue weighted by Gasteiger charge is -2.16. The van der Waals surface area contributed by atoms with Crippen LogP contribution in [0.15, 0.2) is 12.1 Å². The van der Waals surface area contributed by atoms with E-state index in [1.807, 2.05) is 14.1 Å². The maximum absolute atomic E-state index is 10.8. The van der Waals surface area contributed by atoms with Gasteiger partial charge < -0.3 is 10.0 Å². The molecule has 76 valence electrons. The molecule has 0 amide bonds. The second kappa shape index (κ2) is 3.88. The summed E-state index contributed by atoms with van der Waals surface area (Å²) >= 11 is 5.97. The molecule has 4 heteroatoms. The summed E-state index contributed by atoms with van der Waals surface area (Å²) in [6.07, 6.45) is 0. The number of nitrogens with zero attached hydrogens (tertiary/aromatic N) is 1. The Labute approximate surface area is 87.9 Å². The lowest BCUT2D eigenvalue weighted by molar-refractivity contribution is 0.0696. The summed E-state index contributed by atoms with van der Waals surface area (Å²) in [6, 6.07) is 3.25. The van der Waals surface area contributed by atoms with Gasteiger partial charge in [-0.2, -0.15) is 0 Å². The Kier molecular flexibility index (Phi) is 3.01. The number of aromatic carboxylic acids is 1. The number of carboxylic acids is 1. The Morgan fingerprint density at radius 3 is 2.43 bits per heavy atom. The molecule has 0 spiro atoms. The van der Waals surface area contributed by atoms with Gasteiger partial charge in [-0.15, -0.1) is 0 Å². The van der Waals surface area contributed by atoms with Crippen LogP contribution < -0.4 is 4.90 Å². The third-order valence-electron chi connectivity index (χ3n) is 2.01. The van der Waals surface area contributed by atoms with Crippen LogP contribution in [0.5, 0.6) is 0 Å². The number of carboxylic acid groups (broad SMARTS) is 1. The molecule has 0 saturated heterocycles. The SMILES string of the molecule is Cc1cc(Cl)c(N(C)C)cc1C(=O)O. The van der Waals surface area contributed by atoms with Gasteiger partial charge in [0.1, 0.15) is 0 Å². The quantitative estimate of drug-likeness (QED) is 0.820. The van der Waals surface area contributed by atoms with Gasteiger partial charge in [-0.3, -0.25) is 0 Å². The van der Waals surface area contributed by atoms with E-state index in [2.05, 4.69) is 0 Å². The molecular formula is C10H12ClNO2. The van der Waals surface area contributed by atoms with Gasteiger partial charge >= 0.3 is 5.97 Å². The Bertz CT molecular complexity index is 375. The molecule has 1 N–H and O–H groups in total. The number of anilines is 1. The van der Waals surface area contributed by atoms with Crippen molar-refractivity contribution in [2.45, 2.75) is 6.92 Å². The van der Waals surface area contributed by atoms with Crippen LogP contribution >= 0.6 is 11.6 Å². The largest absolute Gasteiger partial charge is 0.478 e. The van der Waals surface area contributed by atoms with E-state index in [4.69, 9.17) is 16.7 Å². The summed E-state index contributed by atoms with van der Waals surface area (Å²) in [7, 11) is 3.64. The minimum Gasteiger partial charge on any atom is -0.478 e. The van der Waals surface area contributed by atoms with E-state index in [0.29, 0.717) is 10.6 Å². The van der Waals surface area contributed by atoms with E-state index in [0.717, 1.165) is 5.69 Å². The predicted octanol–water partition coefficient (Wildman–Crippen LogP) is 2.41. The molecule has 0 bridgehead atoms. The summed E-state index contributed by atoms with van der Waals surface area (Å²) in [5.41, 5.74) is 1.68. The predicted molar refractivity (Wildman–Crippen MR) is 57.5 cm³/mol. The van der Waals surface area contributed by atoms with Crippen LogP contribution in [0.1, 0.15) is 15.9 Å². The molecule has 0 fully saturated rings. The molecule has 1 aromatic rings. The standard InChI is InChI=1S/C10H12ClNO2/c1-6-4-8(11)9(12(2)3)5-7(6)10(13)14/h4-5H,1-3H3,(H,13,14). The Morgan fingerprint density at radius 1 is 1.43 bits per heavy atom. The molecule has 0 aromatic heterocycles. The first-order chi connectivity index (χ1) is 6.43. The van der Waals surface area contributed by atoms with Gasteiger partial charge in [-0.05, 0) is 24.6 Å². The zero-order valence-corrected chi connectivity index (χ0v) is 9.09. The Hall–Kier alpha value is -1.22. The maximum atomic E-state index is 10.8. The van der Waals surface area contributed by atoms with Crippen molar-refractivity contribution in [3.8, 4) is 0 Å². The third kappa shape index (κ3) is 1.99. The Morgan fingerprint density at radius 2 is 2.00 bits per heavy atom. The normalized spacial score (nSPS) is 10.0. The van der Waals surface area contributed by atoms with E-state index in [1.165, 1.54) is 0 Å². The molecule has 0 aliphatic heterocycles. The molecule has 0 heterocycles. The van der Waals surface area contributed by atoms with Crippen LogP contribution in [0, 0.1) is 6.92 Å². The van der Waals surface area contributed by atoms with Gasteiger partial charge in [-0.25, -0.2) is 4.79 Å². The van der Waals surface area contributed by atoms with Crippen molar-refractivity contribution in [1.29, 1.82) is 0 Å². The number of halogens is 1. The second-order valence-electron chi connectivity index (χ2n) is 3.32. The van der Waals surface area contributed by atoms with Crippen LogP contribution in [-0.2, 0) is 0 Å². The highest BCUT2D eigenvalue weighted by atomic mass is 35.5. The van der Waals surface area contributed by atoms with E-state index in [9.17, 15) is 4.79 Å². The summed E-state index contributed by atoms with van der Waals surface area (Å²) in [5, 5.41) is 9.47. The van der Waals surface area contributed by atoms with Crippen molar-refractivity contribution in [1.82, 2.24) is 0 Å². The lowest BCUT2D eigenvalue weighted by atomic mass is 10.1. The summed E-state index contributed by atoms with van der Waals surface area (Å²) < 4.78 is 0. The van der Waals surface area contributed by atoms with Gasteiger partial charge in [0.25, 0.3) is 0 Å². The van der Waals surface area contributed by atoms with Crippen LogP contribution in [0.4, 0.5) is 5.69 Å². The molecule has 0 aliphatic rings. The fourth-order valence-electron chi connectivity index (χ4n) is 1.23. The van der Waals surface area contributed by atoms with Gasteiger partial charge in [0.15, 0.2) is 0 Å². The molecule has 0 saturated carbocycles. The first-order valence-electron chi connectivity index (χ1n) is 4.14. The van der Waals surface area contributed by atoms with E-state index >= 15 is 0 Å². The number of carbonyl (C=O) groups is 1. The molecule has 0 radical (unpaired) electrons. The highest BCUT2D eigenvalue weighted by Gasteiger charge is 2.12. The number of aryl methyl sites for hydroxylation is 1. The van der Waals surface area contributed by atoms with Crippen LogP contribution in [0.25, 0.3) is 0 Å². The zero-order chi connectivity index (χ0) is 10.9. The molecule has 0 atom stereocenters. The minimum atomic E-state index is -0.928. The Balaban J connectivity index is 3.34. The fraction of sp³-hybridized carbons (Fsp3) is 0.300. The molecule has 1 rings (SSSR count). The molecule has 14 heavy (non-hydrogen) atoms. The maximum Gasteiger partial charge on any atom is 0.336 e. The van der Waals surface area contributed by atoms with Gasteiger partial charge in [0.2, 0.25) is 0 Å². The molecule has 0 aliphatic carbocycles. The first kappa shape index (κ1) is 10.9. The van der Waals surface area contributed by atoms with Crippen molar-refractivity contribution in [3.63, 3.8) is 0 Å². The van der Waals surface area contributed by atoms with E-state index in [1.54, 1.807) is 24.0 Å². The molecule has 1 aromatic carbocycles.